The number of halogens is 4. The third kappa shape index (κ3) is 3.85. The van der Waals surface area contributed by atoms with E-state index in [1.807, 2.05) is 0 Å². The highest BCUT2D eigenvalue weighted by Gasteiger charge is 2.33. The minimum Gasteiger partial charge on any atom is -0.383 e. The number of nitrogens with zero attached hydrogens (tertiary/aromatic N) is 4. The van der Waals surface area contributed by atoms with E-state index in [1.54, 1.807) is 12.1 Å². The molecule has 0 spiro atoms. The highest BCUT2D eigenvalue weighted by atomic mass is 35.5. The predicted molar refractivity (Wildman–Crippen MR) is 96.8 cm³/mol. The minimum absolute atomic E-state index is 0.0116. The van der Waals surface area contributed by atoms with Gasteiger partial charge in [0.15, 0.2) is 0 Å². The molecule has 0 fully saturated rings. The van der Waals surface area contributed by atoms with Gasteiger partial charge in [0, 0.05) is 5.39 Å². The summed E-state index contributed by atoms with van der Waals surface area (Å²) in [7, 11) is 0. The van der Waals surface area contributed by atoms with E-state index in [1.165, 1.54) is 12.1 Å². The van der Waals surface area contributed by atoms with Crippen LogP contribution in [0.15, 0.2) is 41.7 Å². The van der Waals surface area contributed by atoms with E-state index >= 15 is 0 Å². The standard InChI is InChI=1S/C16H12ClF3N6O/c17-12-5-8(1-3-11(12)16(18,19)20)7-26(25-27)9-2-4-13-10(6-9)14(21)24-15(22)23-13/h1-6H,7H2,(H4,21,22,23,24). The summed E-state index contributed by atoms with van der Waals surface area (Å²) in [6, 6.07) is 7.90. The zero-order chi connectivity index (χ0) is 19.8. The summed E-state index contributed by atoms with van der Waals surface area (Å²) in [5.74, 6) is 0.139. The lowest BCUT2D eigenvalue weighted by Crippen LogP contribution is -2.15. The van der Waals surface area contributed by atoms with Crippen molar-refractivity contribution in [2.75, 3.05) is 16.5 Å². The molecule has 140 valence electrons. The lowest BCUT2D eigenvalue weighted by Gasteiger charge is -2.17. The second-order valence-electron chi connectivity index (χ2n) is 5.62. The second kappa shape index (κ2) is 6.88. The number of nitrogens with two attached hydrogens (primary N) is 2. The largest absolute Gasteiger partial charge is 0.417 e. The molecule has 27 heavy (non-hydrogen) atoms. The van der Waals surface area contributed by atoms with Crippen LogP contribution in [0.4, 0.5) is 30.6 Å². The molecule has 0 saturated carbocycles. The van der Waals surface area contributed by atoms with Gasteiger partial charge in [-0.2, -0.15) is 18.2 Å². The Bertz CT molecular complexity index is 1030. The van der Waals surface area contributed by atoms with Gasteiger partial charge in [-0.25, -0.2) is 9.99 Å². The number of aromatic nitrogens is 2. The first-order valence-electron chi connectivity index (χ1n) is 7.48. The maximum Gasteiger partial charge on any atom is 0.417 e. The van der Waals surface area contributed by atoms with Crippen LogP contribution >= 0.6 is 11.6 Å². The average Bonchev–Trinajstić information content (AvgIpc) is 2.58. The molecule has 1 aromatic heterocycles. The first-order chi connectivity index (χ1) is 12.7. The number of hydrogen-bond donors (Lipinski definition) is 2. The number of nitrogen functional groups attached to an aromatic ring is 2. The maximum absolute atomic E-state index is 12.8. The normalized spacial score (nSPS) is 11.6. The van der Waals surface area contributed by atoms with Gasteiger partial charge in [-0.3, -0.25) is 0 Å². The van der Waals surface area contributed by atoms with Gasteiger partial charge in [-0.1, -0.05) is 17.7 Å². The first kappa shape index (κ1) is 18.6. The van der Waals surface area contributed by atoms with Crippen LogP contribution < -0.4 is 16.5 Å². The van der Waals surface area contributed by atoms with Crippen LogP contribution in [0.5, 0.6) is 0 Å². The van der Waals surface area contributed by atoms with E-state index in [2.05, 4.69) is 15.3 Å². The Morgan fingerprint density at radius 2 is 1.85 bits per heavy atom. The van der Waals surface area contributed by atoms with Crippen LogP contribution in [0.2, 0.25) is 5.02 Å². The maximum atomic E-state index is 12.8. The summed E-state index contributed by atoms with van der Waals surface area (Å²) in [5, 5.41) is 3.97. The monoisotopic (exact) mass is 396 g/mol. The summed E-state index contributed by atoms with van der Waals surface area (Å²) in [4.78, 5) is 19.2. The van der Waals surface area contributed by atoms with E-state index < -0.39 is 16.8 Å². The Morgan fingerprint density at radius 1 is 1.11 bits per heavy atom. The number of rotatable bonds is 4. The van der Waals surface area contributed by atoms with Crippen LogP contribution in [-0.4, -0.2) is 9.97 Å². The van der Waals surface area contributed by atoms with Gasteiger partial charge >= 0.3 is 6.18 Å². The zero-order valence-electron chi connectivity index (χ0n) is 13.5. The summed E-state index contributed by atoms with van der Waals surface area (Å²) < 4.78 is 38.4. The van der Waals surface area contributed by atoms with Crippen molar-refractivity contribution in [3.05, 3.63) is 57.5 Å². The van der Waals surface area contributed by atoms with Gasteiger partial charge in [-0.15, -0.1) is 4.91 Å². The Morgan fingerprint density at radius 3 is 2.48 bits per heavy atom. The molecule has 1 heterocycles. The third-order valence-corrected chi connectivity index (χ3v) is 4.11. The molecule has 0 aliphatic carbocycles. The Kier molecular flexibility index (Phi) is 4.75. The number of benzene rings is 2. The van der Waals surface area contributed by atoms with Crippen molar-refractivity contribution in [3.8, 4) is 0 Å². The molecule has 0 saturated heterocycles. The zero-order valence-corrected chi connectivity index (χ0v) is 14.3. The van der Waals surface area contributed by atoms with Crippen LogP contribution in [-0.2, 0) is 12.7 Å². The topological polar surface area (TPSA) is 110 Å². The van der Waals surface area contributed by atoms with Gasteiger partial charge in [0.05, 0.1) is 33.6 Å². The molecule has 0 aliphatic rings. The molecular formula is C16H12ClF3N6O. The van der Waals surface area contributed by atoms with Crippen molar-refractivity contribution in [2.45, 2.75) is 12.7 Å². The lowest BCUT2D eigenvalue weighted by molar-refractivity contribution is -0.137. The molecule has 0 aliphatic heterocycles. The fraction of sp³-hybridized carbons (Fsp3) is 0.125. The van der Waals surface area contributed by atoms with Crippen molar-refractivity contribution in [1.29, 1.82) is 0 Å². The van der Waals surface area contributed by atoms with Crippen LogP contribution in [0.25, 0.3) is 10.9 Å². The van der Waals surface area contributed by atoms with Crippen molar-refractivity contribution < 1.29 is 13.2 Å². The smallest absolute Gasteiger partial charge is 0.383 e. The van der Waals surface area contributed by atoms with E-state index in [-0.39, 0.29) is 18.3 Å². The number of alkyl halides is 3. The summed E-state index contributed by atoms with van der Waals surface area (Å²) in [5.41, 5.74) is 11.6. The average molecular weight is 397 g/mol. The highest BCUT2D eigenvalue weighted by molar-refractivity contribution is 6.31. The fourth-order valence-corrected chi connectivity index (χ4v) is 2.86. The second-order valence-corrected chi connectivity index (χ2v) is 6.03. The summed E-state index contributed by atoms with van der Waals surface area (Å²) >= 11 is 5.71. The van der Waals surface area contributed by atoms with Crippen molar-refractivity contribution in [3.63, 3.8) is 0 Å². The molecule has 0 unspecified atom stereocenters. The molecule has 11 heteroatoms. The SMILES string of the molecule is Nc1nc(N)c2cc(N(Cc3ccc(C(F)(F)F)c(Cl)c3)N=O)ccc2n1. The highest BCUT2D eigenvalue weighted by Crippen LogP contribution is 2.35. The first-order valence-corrected chi connectivity index (χ1v) is 7.86. The quantitative estimate of drug-likeness (QED) is 0.506. The van der Waals surface area contributed by atoms with Crippen molar-refractivity contribution in [1.82, 2.24) is 9.97 Å². The van der Waals surface area contributed by atoms with E-state index in [0.717, 1.165) is 17.1 Å². The van der Waals surface area contributed by atoms with Crippen LogP contribution in [0.1, 0.15) is 11.1 Å². The molecule has 0 bridgehead atoms. The molecule has 0 atom stereocenters. The van der Waals surface area contributed by atoms with Crippen molar-refractivity contribution in [2.24, 2.45) is 5.29 Å². The van der Waals surface area contributed by atoms with Gasteiger partial charge in [0.1, 0.15) is 5.82 Å². The Balaban J connectivity index is 1.93. The van der Waals surface area contributed by atoms with E-state index in [9.17, 15) is 18.1 Å². The molecule has 7 nitrogen and oxygen atoms in total. The summed E-state index contributed by atoms with van der Waals surface area (Å²) in [6.07, 6.45) is -4.56. The molecule has 2 aromatic carbocycles. The van der Waals surface area contributed by atoms with E-state index in [4.69, 9.17) is 23.1 Å². The Hall–Kier alpha value is -3.14. The van der Waals surface area contributed by atoms with Crippen LogP contribution in [0.3, 0.4) is 0 Å². The predicted octanol–water partition coefficient (Wildman–Crippen LogP) is 4.15. The number of fused-ring (bicyclic) bond motifs is 1. The van der Waals surface area contributed by atoms with E-state index in [0.29, 0.717) is 22.2 Å². The number of anilines is 3. The molecule has 4 N–H and O–H groups in total. The fourth-order valence-electron chi connectivity index (χ4n) is 2.55. The van der Waals surface area contributed by atoms with Crippen molar-refractivity contribution >= 4 is 40.0 Å². The third-order valence-electron chi connectivity index (χ3n) is 3.79. The summed E-state index contributed by atoms with van der Waals surface area (Å²) in [6.45, 7) is -0.0946. The van der Waals surface area contributed by atoms with Gasteiger partial charge in [0.2, 0.25) is 5.95 Å². The minimum atomic E-state index is -4.56. The number of nitroso groups, excluding NO2 is 1. The molecule has 0 radical (unpaired) electrons. The van der Waals surface area contributed by atoms with Crippen LogP contribution in [0, 0.1) is 4.91 Å². The Labute approximate surface area is 155 Å². The molecule has 0 amide bonds. The van der Waals surface area contributed by atoms with Gasteiger partial charge < -0.3 is 11.5 Å². The molecule has 3 aromatic rings. The lowest BCUT2D eigenvalue weighted by atomic mass is 10.1. The molecular weight excluding hydrogens is 385 g/mol. The van der Waals surface area contributed by atoms with Gasteiger partial charge in [0.25, 0.3) is 0 Å². The van der Waals surface area contributed by atoms with Gasteiger partial charge in [-0.05, 0) is 35.9 Å². The number of hydrogen-bond acceptors (Lipinski definition) is 6. The molecule has 3 rings (SSSR count).